The third-order valence-corrected chi connectivity index (χ3v) is 1.78. The highest BCUT2D eigenvalue weighted by atomic mass is 35.5. The molecule has 15 heavy (non-hydrogen) atoms. The molecule has 0 N–H and O–H groups in total. The summed E-state index contributed by atoms with van der Waals surface area (Å²) in [7, 11) is 0. The summed E-state index contributed by atoms with van der Waals surface area (Å²) in [6.45, 7) is 1.58. The van der Waals surface area contributed by atoms with E-state index < -0.39 is 17.4 Å². The molecule has 0 unspecified atom stereocenters. The molecule has 0 fully saturated rings. The van der Waals surface area contributed by atoms with Crippen LogP contribution in [-0.4, -0.2) is 11.6 Å². The van der Waals surface area contributed by atoms with Crippen LogP contribution in [0.25, 0.3) is 0 Å². The fraction of sp³-hybridized carbons (Fsp3) is 0.222. The third kappa shape index (κ3) is 3.43. The smallest absolute Gasteiger partial charge is 0.405 e. The lowest BCUT2D eigenvalue weighted by Crippen LogP contribution is -2.18. The van der Waals surface area contributed by atoms with Gasteiger partial charge < -0.3 is 4.74 Å². The molecule has 6 heteroatoms. The number of alkyl halides is 3. The fourth-order valence-corrected chi connectivity index (χ4v) is 1.16. The lowest BCUT2D eigenvalue weighted by Gasteiger charge is -2.11. The molecule has 82 valence electrons. The molecule has 1 aromatic carbocycles. The van der Waals surface area contributed by atoms with Gasteiger partial charge >= 0.3 is 6.36 Å². The van der Waals surface area contributed by atoms with Crippen LogP contribution in [0.1, 0.15) is 15.9 Å². The second-order valence-electron chi connectivity index (χ2n) is 2.82. The Morgan fingerprint density at radius 2 is 2.00 bits per heavy atom. The summed E-state index contributed by atoms with van der Waals surface area (Å²) in [5.74, 6) is -0.581. The Morgan fingerprint density at radius 1 is 1.40 bits per heavy atom. The summed E-state index contributed by atoms with van der Waals surface area (Å²) in [6.07, 6.45) is -4.84. The molecule has 0 radical (unpaired) electrons. The largest absolute Gasteiger partial charge is 0.573 e. The second-order valence-corrected chi connectivity index (χ2v) is 3.16. The van der Waals surface area contributed by atoms with Gasteiger partial charge in [-0.15, -0.1) is 13.2 Å². The molecule has 2 nitrogen and oxygen atoms in total. The van der Waals surface area contributed by atoms with Crippen LogP contribution in [0.5, 0.6) is 5.75 Å². The Hall–Kier alpha value is -1.23. The van der Waals surface area contributed by atoms with Gasteiger partial charge in [0.15, 0.2) is 0 Å². The molecule has 0 spiro atoms. The number of aryl methyl sites for hydroxylation is 1. The van der Waals surface area contributed by atoms with Crippen molar-refractivity contribution in [1.29, 1.82) is 0 Å². The van der Waals surface area contributed by atoms with Gasteiger partial charge in [-0.05, 0) is 36.2 Å². The van der Waals surface area contributed by atoms with E-state index in [4.69, 9.17) is 11.6 Å². The molecule has 0 aliphatic heterocycles. The Bertz CT molecular complexity index is 387. The van der Waals surface area contributed by atoms with E-state index in [-0.39, 0.29) is 5.56 Å². The first-order valence-corrected chi connectivity index (χ1v) is 4.23. The minimum atomic E-state index is -4.84. The minimum Gasteiger partial charge on any atom is -0.405 e. The third-order valence-electron chi connectivity index (χ3n) is 1.57. The molecule has 0 saturated carbocycles. The average Bonchev–Trinajstić information content (AvgIpc) is 1.99. The zero-order chi connectivity index (χ0) is 11.6. The molecule has 0 aliphatic carbocycles. The lowest BCUT2D eigenvalue weighted by atomic mass is 10.1. The van der Waals surface area contributed by atoms with Crippen molar-refractivity contribution in [3.05, 3.63) is 29.3 Å². The number of benzene rings is 1. The predicted octanol–water partition coefficient (Wildman–Crippen LogP) is 3.27. The highest BCUT2D eigenvalue weighted by Gasteiger charge is 2.32. The Morgan fingerprint density at radius 3 is 2.47 bits per heavy atom. The number of hydrogen-bond donors (Lipinski definition) is 0. The lowest BCUT2D eigenvalue weighted by molar-refractivity contribution is -0.274. The van der Waals surface area contributed by atoms with Crippen LogP contribution in [-0.2, 0) is 0 Å². The van der Waals surface area contributed by atoms with Crippen LogP contribution in [0.4, 0.5) is 13.2 Å². The molecule has 0 amide bonds. The zero-order valence-corrected chi connectivity index (χ0v) is 8.32. The van der Waals surface area contributed by atoms with Gasteiger partial charge in [-0.25, -0.2) is 0 Å². The topological polar surface area (TPSA) is 26.3 Å². The van der Waals surface area contributed by atoms with Crippen LogP contribution < -0.4 is 4.74 Å². The summed E-state index contributed by atoms with van der Waals surface area (Å²) in [5, 5.41) is -0.991. The number of carbonyl (C=O) groups is 1. The van der Waals surface area contributed by atoms with Gasteiger partial charge in [0.1, 0.15) is 5.75 Å². The molecule has 0 aliphatic rings. The first-order chi connectivity index (χ1) is 6.79. The molecule has 0 saturated heterocycles. The number of hydrogen-bond acceptors (Lipinski definition) is 2. The van der Waals surface area contributed by atoms with E-state index in [1.807, 2.05) is 0 Å². The van der Waals surface area contributed by atoms with Crippen LogP contribution in [0.15, 0.2) is 18.2 Å². The maximum absolute atomic E-state index is 11.9. The van der Waals surface area contributed by atoms with Crippen molar-refractivity contribution in [3.63, 3.8) is 0 Å². The monoisotopic (exact) mass is 238 g/mol. The molecule has 0 heterocycles. The van der Waals surface area contributed by atoms with E-state index in [2.05, 4.69) is 4.74 Å². The van der Waals surface area contributed by atoms with Gasteiger partial charge in [0.25, 0.3) is 5.24 Å². The van der Waals surface area contributed by atoms with Crippen molar-refractivity contribution in [1.82, 2.24) is 0 Å². The molecule has 0 aromatic heterocycles. The summed E-state index contributed by atoms with van der Waals surface area (Å²) < 4.78 is 39.5. The highest BCUT2D eigenvalue weighted by molar-refractivity contribution is 6.68. The van der Waals surface area contributed by atoms with Crippen molar-refractivity contribution < 1.29 is 22.7 Å². The van der Waals surface area contributed by atoms with E-state index in [9.17, 15) is 18.0 Å². The first kappa shape index (κ1) is 11.8. The number of carbonyl (C=O) groups excluding carboxylic acids is 1. The summed E-state index contributed by atoms with van der Waals surface area (Å²) in [5.41, 5.74) is 0.232. The van der Waals surface area contributed by atoms with Gasteiger partial charge in [-0.2, -0.15) is 0 Å². The van der Waals surface area contributed by atoms with Crippen LogP contribution in [0.3, 0.4) is 0 Å². The van der Waals surface area contributed by atoms with E-state index >= 15 is 0 Å². The first-order valence-electron chi connectivity index (χ1n) is 3.86. The predicted molar refractivity (Wildman–Crippen MR) is 48.0 cm³/mol. The van der Waals surface area contributed by atoms with Gasteiger partial charge in [0.05, 0.1) is 5.56 Å². The van der Waals surface area contributed by atoms with Crippen molar-refractivity contribution in [2.45, 2.75) is 13.3 Å². The Kier molecular flexibility index (Phi) is 3.24. The number of halogens is 4. The standard InChI is InChI=1S/C9H6ClF3O2/c1-5-2-3-6(8(10)14)7(4-5)15-9(11,12)13/h2-4H,1H3. The molecule has 1 aromatic rings. The minimum absolute atomic E-state index is 0.306. The summed E-state index contributed by atoms with van der Waals surface area (Å²) in [6, 6.07) is 3.76. The normalized spacial score (nSPS) is 11.3. The highest BCUT2D eigenvalue weighted by Crippen LogP contribution is 2.28. The zero-order valence-electron chi connectivity index (χ0n) is 7.56. The van der Waals surface area contributed by atoms with E-state index in [1.165, 1.54) is 12.1 Å². The van der Waals surface area contributed by atoms with Gasteiger partial charge in [0.2, 0.25) is 0 Å². The molecule has 0 atom stereocenters. The van der Waals surface area contributed by atoms with Crippen LogP contribution in [0, 0.1) is 6.92 Å². The van der Waals surface area contributed by atoms with E-state index in [0.29, 0.717) is 5.56 Å². The van der Waals surface area contributed by atoms with Crippen molar-refractivity contribution in [3.8, 4) is 5.75 Å². The van der Waals surface area contributed by atoms with Crippen molar-refractivity contribution in [2.24, 2.45) is 0 Å². The maximum atomic E-state index is 11.9. The van der Waals surface area contributed by atoms with Gasteiger partial charge in [0, 0.05) is 0 Å². The second kappa shape index (κ2) is 4.10. The van der Waals surface area contributed by atoms with E-state index in [1.54, 1.807) is 6.92 Å². The van der Waals surface area contributed by atoms with E-state index in [0.717, 1.165) is 6.07 Å². The Balaban J connectivity index is 3.13. The Labute approximate surface area is 88.6 Å². The fourth-order valence-electron chi connectivity index (χ4n) is 1.00. The molecular formula is C9H6ClF3O2. The summed E-state index contributed by atoms with van der Waals surface area (Å²) in [4.78, 5) is 10.8. The van der Waals surface area contributed by atoms with Crippen LogP contribution in [0.2, 0.25) is 0 Å². The number of ether oxygens (including phenoxy) is 1. The van der Waals surface area contributed by atoms with Crippen molar-refractivity contribution in [2.75, 3.05) is 0 Å². The molecule has 0 bridgehead atoms. The summed E-state index contributed by atoms with van der Waals surface area (Å²) >= 11 is 5.10. The van der Waals surface area contributed by atoms with Gasteiger partial charge in [-0.3, -0.25) is 4.79 Å². The SMILES string of the molecule is Cc1ccc(C(=O)Cl)c(OC(F)(F)F)c1. The molecule has 1 rings (SSSR count). The van der Waals surface area contributed by atoms with Crippen molar-refractivity contribution >= 4 is 16.8 Å². The average molecular weight is 239 g/mol. The van der Waals surface area contributed by atoms with Crippen LogP contribution >= 0.6 is 11.6 Å². The quantitative estimate of drug-likeness (QED) is 0.739. The van der Waals surface area contributed by atoms with Gasteiger partial charge in [-0.1, -0.05) is 6.07 Å². The number of rotatable bonds is 2. The maximum Gasteiger partial charge on any atom is 0.573 e. The molecular weight excluding hydrogens is 233 g/mol.